The Bertz CT molecular complexity index is 1680. The normalized spacial score (nSPS) is 11.2. The van der Waals surface area contributed by atoms with Crippen LogP contribution in [-0.2, 0) is 9.53 Å². The quantitative estimate of drug-likeness (QED) is 0.112. The number of hydrogen-bond acceptors (Lipinski definition) is 9. The summed E-state index contributed by atoms with van der Waals surface area (Å²) in [6.45, 7) is 5.19. The zero-order valence-corrected chi connectivity index (χ0v) is 27.0. The molecule has 0 fully saturated rings. The Balaban J connectivity index is 1.50. The molecule has 4 aromatic rings. The first-order valence-electron chi connectivity index (χ1n) is 13.9. The van der Waals surface area contributed by atoms with E-state index in [9.17, 15) is 19.2 Å². The maximum absolute atomic E-state index is 13.3. The molecule has 1 aromatic heterocycles. The average molecular weight is 648 g/mol. The first kappa shape index (κ1) is 33.1. The number of para-hydroxylation sites is 1. The second-order valence-electron chi connectivity index (χ2n) is 9.57. The van der Waals surface area contributed by atoms with Crippen LogP contribution >= 0.6 is 23.1 Å². The molecule has 0 saturated carbocycles. The van der Waals surface area contributed by atoms with Gasteiger partial charge in [0.1, 0.15) is 22.1 Å². The lowest BCUT2D eigenvalue weighted by Crippen LogP contribution is -2.23. The van der Waals surface area contributed by atoms with Crippen LogP contribution in [0.15, 0.2) is 77.7 Å². The number of carbonyl (C=O) groups excluding carboxylic acids is 4. The number of rotatable bonds is 12. The van der Waals surface area contributed by atoms with E-state index >= 15 is 0 Å². The average Bonchev–Trinajstić information content (AvgIpc) is 3.36. The zero-order valence-electron chi connectivity index (χ0n) is 25.4. The molecule has 1 unspecified atom stereocenters. The van der Waals surface area contributed by atoms with Crippen LogP contribution in [0.3, 0.4) is 0 Å². The smallest absolute Gasteiger partial charge is 0.341 e. The van der Waals surface area contributed by atoms with Crippen molar-refractivity contribution in [3.63, 3.8) is 0 Å². The highest BCUT2D eigenvalue weighted by atomic mass is 32.2. The van der Waals surface area contributed by atoms with E-state index in [1.165, 1.54) is 26.0 Å². The summed E-state index contributed by atoms with van der Waals surface area (Å²) in [5, 5.41) is 8.13. The van der Waals surface area contributed by atoms with Gasteiger partial charge in [0.25, 0.3) is 11.8 Å². The zero-order chi connectivity index (χ0) is 32.5. The van der Waals surface area contributed by atoms with Gasteiger partial charge in [-0.25, -0.2) is 4.79 Å². The number of benzene rings is 3. The second-order valence-corrected chi connectivity index (χ2v) is 12.0. The summed E-state index contributed by atoms with van der Waals surface area (Å²) in [4.78, 5) is 53.5. The van der Waals surface area contributed by atoms with Crippen LogP contribution in [0.1, 0.15) is 49.8 Å². The molecular weight excluding hydrogens is 615 g/mol. The fourth-order valence-electron chi connectivity index (χ4n) is 4.36. The molecule has 0 aliphatic heterocycles. The summed E-state index contributed by atoms with van der Waals surface area (Å²) in [6, 6.07) is 21.1. The third-order valence-electron chi connectivity index (χ3n) is 6.53. The summed E-state index contributed by atoms with van der Waals surface area (Å²) in [5.74, 6) is -1.08. The summed E-state index contributed by atoms with van der Waals surface area (Å²) < 4.78 is 15.9. The van der Waals surface area contributed by atoms with Gasteiger partial charge < -0.3 is 30.2 Å². The first-order chi connectivity index (χ1) is 21.7. The predicted octanol–water partition coefficient (Wildman–Crippen LogP) is 6.87. The van der Waals surface area contributed by atoms with E-state index in [1.54, 1.807) is 81.4 Å². The minimum atomic E-state index is -0.629. The molecule has 0 saturated heterocycles. The van der Waals surface area contributed by atoms with Crippen molar-refractivity contribution >= 4 is 63.2 Å². The third kappa shape index (κ3) is 8.02. The second kappa shape index (κ2) is 15.3. The van der Waals surface area contributed by atoms with Crippen LogP contribution in [0.5, 0.6) is 11.5 Å². The Morgan fingerprint density at radius 3 is 2.07 bits per heavy atom. The van der Waals surface area contributed by atoms with Gasteiger partial charge in [-0.3, -0.25) is 14.4 Å². The number of thioether (sulfide) groups is 1. The molecule has 10 nitrogen and oxygen atoms in total. The highest BCUT2D eigenvalue weighted by molar-refractivity contribution is 8.00. The summed E-state index contributed by atoms with van der Waals surface area (Å²) in [6.07, 6.45) is 0. The van der Waals surface area contributed by atoms with Crippen molar-refractivity contribution in [2.24, 2.45) is 0 Å². The standard InChI is InChI=1S/C33H33N3O7S2/c1-6-43-33(40)26-19(2)28(31(39)34-21-12-8-7-9-13-21)45-32(26)36-29(37)20(3)44-23-15-10-14-22(18-23)35-30(38)27-24(41-4)16-11-17-25(27)42-5/h7-18,20H,6H2,1-5H3,(H,34,39)(H,35,38)(H,36,37). The van der Waals surface area contributed by atoms with E-state index in [1.807, 2.05) is 12.1 Å². The molecule has 1 atom stereocenters. The molecule has 234 valence electrons. The van der Waals surface area contributed by atoms with E-state index in [4.69, 9.17) is 14.2 Å². The van der Waals surface area contributed by atoms with E-state index in [2.05, 4.69) is 16.0 Å². The fourth-order valence-corrected chi connectivity index (χ4v) is 6.38. The van der Waals surface area contributed by atoms with Gasteiger partial charge in [-0.1, -0.05) is 30.3 Å². The number of esters is 1. The van der Waals surface area contributed by atoms with Crippen LogP contribution in [-0.4, -0.2) is 49.8 Å². The van der Waals surface area contributed by atoms with Crippen molar-refractivity contribution in [3.05, 3.63) is 94.4 Å². The minimum Gasteiger partial charge on any atom is -0.496 e. The van der Waals surface area contributed by atoms with Crippen molar-refractivity contribution < 1.29 is 33.4 Å². The lowest BCUT2D eigenvalue weighted by molar-refractivity contribution is -0.115. The van der Waals surface area contributed by atoms with Gasteiger partial charge in [0.05, 0.1) is 36.5 Å². The molecule has 0 spiro atoms. The Labute approximate surface area is 269 Å². The molecule has 4 rings (SSSR count). The number of anilines is 3. The van der Waals surface area contributed by atoms with Crippen molar-refractivity contribution in [2.75, 3.05) is 36.8 Å². The fraction of sp³-hybridized carbons (Fsp3) is 0.212. The van der Waals surface area contributed by atoms with Crippen LogP contribution in [0, 0.1) is 6.92 Å². The molecule has 0 radical (unpaired) electrons. The molecular formula is C33H33N3O7S2. The summed E-state index contributed by atoms with van der Waals surface area (Å²) in [5.41, 5.74) is 1.93. The number of nitrogens with one attached hydrogen (secondary N) is 3. The molecule has 0 aliphatic carbocycles. The SMILES string of the molecule is CCOC(=O)c1c(NC(=O)C(C)Sc2cccc(NC(=O)c3c(OC)cccc3OC)c2)sc(C(=O)Nc2ccccc2)c1C. The minimum absolute atomic E-state index is 0.135. The van der Waals surface area contributed by atoms with Crippen molar-refractivity contribution in [1.82, 2.24) is 0 Å². The highest BCUT2D eigenvalue weighted by Crippen LogP contribution is 2.36. The number of amides is 3. The predicted molar refractivity (Wildman–Crippen MR) is 177 cm³/mol. The van der Waals surface area contributed by atoms with Gasteiger partial charge in [0, 0.05) is 16.3 Å². The number of thiophene rings is 1. The van der Waals surface area contributed by atoms with Crippen LogP contribution in [0.4, 0.5) is 16.4 Å². The molecule has 3 N–H and O–H groups in total. The van der Waals surface area contributed by atoms with E-state index in [0.29, 0.717) is 28.4 Å². The van der Waals surface area contributed by atoms with Gasteiger partial charge in [-0.2, -0.15) is 0 Å². The van der Waals surface area contributed by atoms with Gasteiger partial charge in [0.15, 0.2) is 0 Å². The molecule has 3 aromatic carbocycles. The number of hydrogen-bond donors (Lipinski definition) is 3. The maximum atomic E-state index is 13.3. The molecule has 0 bridgehead atoms. The van der Waals surface area contributed by atoms with Gasteiger partial charge in [0.2, 0.25) is 5.91 Å². The van der Waals surface area contributed by atoms with Crippen molar-refractivity contribution in [1.29, 1.82) is 0 Å². The number of ether oxygens (including phenoxy) is 3. The first-order valence-corrected chi connectivity index (χ1v) is 15.6. The topological polar surface area (TPSA) is 132 Å². The van der Waals surface area contributed by atoms with Crippen LogP contribution in [0.25, 0.3) is 0 Å². The summed E-state index contributed by atoms with van der Waals surface area (Å²) in [7, 11) is 2.95. The van der Waals surface area contributed by atoms with Gasteiger partial charge in [-0.05, 0) is 68.8 Å². The highest BCUT2D eigenvalue weighted by Gasteiger charge is 2.28. The number of methoxy groups -OCH3 is 2. The molecule has 1 heterocycles. The van der Waals surface area contributed by atoms with Crippen LogP contribution in [0.2, 0.25) is 0 Å². The molecule has 0 aliphatic rings. The number of carbonyl (C=O) groups is 4. The Kier molecular flexibility index (Phi) is 11.2. The van der Waals surface area contributed by atoms with Gasteiger partial charge in [-0.15, -0.1) is 23.1 Å². The Morgan fingerprint density at radius 1 is 0.800 bits per heavy atom. The molecule has 3 amide bonds. The van der Waals surface area contributed by atoms with E-state index < -0.39 is 23.0 Å². The molecule has 45 heavy (non-hydrogen) atoms. The van der Waals surface area contributed by atoms with Crippen molar-refractivity contribution in [2.45, 2.75) is 30.9 Å². The van der Waals surface area contributed by atoms with Crippen molar-refractivity contribution in [3.8, 4) is 11.5 Å². The monoisotopic (exact) mass is 647 g/mol. The largest absolute Gasteiger partial charge is 0.496 e. The maximum Gasteiger partial charge on any atom is 0.341 e. The lowest BCUT2D eigenvalue weighted by Gasteiger charge is -2.15. The van der Waals surface area contributed by atoms with E-state index in [-0.39, 0.29) is 33.5 Å². The van der Waals surface area contributed by atoms with Crippen LogP contribution < -0.4 is 25.4 Å². The Hall–Kier alpha value is -4.81. The Morgan fingerprint density at radius 2 is 1.42 bits per heavy atom. The summed E-state index contributed by atoms with van der Waals surface area (Å²) >= 11 is 2.27. The van der Waals surface area contributed by atoms with E-state index in [0.717, 1.165) is 16.2 Å². The van der Waals surface area contributed by atoms with Gasteiger partial charge >= 0.3 is 5.97 Å². The lowest BCUT2D eigenvalue weighted by atomic mass is 10.1. The third-order valence-corrected chi connectivity index (χ3v) is 8.83. The molecule has 12 heteroatoms.